The molecule has 1 aromatic rings. The second kappa shape index (κ2) is 32.4. The molecule has 0 saturated carbocycles. The molecule has 1 amide bonds. The smallest absolute Gasteiger partial charge is 0.302 e. The number of hydrogen-bond acceptors (Lipinski definition) is 10. The SMILES string of the molecule is CC.CC.COCCOCCOCCOCCOCCOCCOCCNC(=O)c1cc(C)ccc1COC(C)=O. The second-order valence-electron chi connectivity index (χ2n) is 7.86. The van der Waals surface area contributed by atoms with Gasteiger partial charge in [-0.25, -0.2) is 0 Å². The van der Waals surface area contributed by atoms with Crippen LogP contribution in [-0.4, -0.2) is 111 Å². The lowest BCUT2D eigenvalue weighted by Crippen LogP contribution is -2.28. The Hall–Kier alpha value is -2.12. The van der Waals surface area contributed by atoms with E-state index in [-0.39, 0.29) is 12.5 Å². The first kappa shape index (κ1) is 41.0. The molecule has 0 aliphatic rings. The largest absolute Gasteiger partial charge is 0.461 e. The van der Waals surface area contributed by atoms with Gasteiger partial charge in [0, 0.05) is 31.7 Å². The number of methoxy groups -OCH3 is 1. The summed E-state index contributed by atoms with van der Waals surface area (Å²) in [7, 11) is 1.64. The average molecular weight is 590 g/mol. The molecule has 1 N–H and O–H groups in total. The Morgan fingerprint density at radius 1 is 0.659 bits per heavy atom. The maximum atomic E-state index is 12.5. The third-order valence-electron chi connectivity index (χ3n) is 4.76. The molecule has 11 nitrogen and oxygen atoms in total. The van der Waals surface area contributed by atoms with Crippen LogP contribution in [0.15, 0.2) is 18.2 Å². The van der Waals surface area contributed by atoms with Crippen molar-refractivity contribution >= 4 is 11.9 Å². The van der Waals surface area contributed by atoms with Crippen molar-refractivity contribution in [2.75, 3.05) is 99.5 Å². The summed E-state index contributed by atoms with van der Waals surface area (Å²) in [5.41, 5.74) is 2.09. The first-order valence-corrected chi connectivity index (χ1v) is 14.5. The highest BCUT2D eigenvalue weighted by atomic mass is 16.6. The Balaban J connectivity index is 0. The summed E-state index contributed by atoms with van der Waals surface area (Å²) in [5, 5.41) is 2.82. The number of amides is 1. The third-order valence-corrected chi connectivity index (χ3v) is 4.76. The van der Waals surface area contributed by atoms with E-state index in [1.54, 1.807) is 19.2 Å². The van der Waals surface area contributed by atoms with Crippen molar-refractivity contribution in [2.45, 2.75) is 48.1 Å². The lowest BCUT2D eigenvalue weighted by atomic mass is 10.0. The van der Waals surface area contributed by atoms with Gasteiger partial charge in [0.25, 0.3) is 5.91 Å². The minimum atomic E-state index is -0.392. The Kier molecular flexibility index (Phi) is 32.4. The van der Waals surface area contributed by atoms with Crippen LogP contribution in [0.1, 0.15) is 56.1 Å². The summed E-state index contributed by atoms with van der Waals surface area (Å²) in [5.74, 6) is -0.625. The molecule has 0 aromatic heterocycles. The van der Waals surface area contributed by atoms with Crippen molar-refractivity contribution in [2.24, 2.45) is 0 Å². The maximum Gasteiger partial charge on any atom is 0.302 e. The standard InChI is InChI=1S/C26H43NO10.2C2H6/c1-22-4-5-24(21-37-23(2)28)25(20-22)26(29)27-6-7-31-10-11-33-14-15-35-18-19-36-17-16-34-13-12-32-9-8-30-3;2*1-2/h4-5,20H,6-19,21H2,1-3H3,(H,27,29);2*1-2H3. The van der Waals surface area contributed by atoms with E-state index in [1.807, 2.05) is 40.7 Å². The lowest BCUT2D eigenvalue weighted by molar-refractivity contribution is -0.142. The minimum absolute atomic E-state index is 0.0599. The second-order valence-corrected chi connectivity index (χ2v) is 7.86. The fourth-order valence-electron chi connectivity index (χ4n) is 2.88. The van der Waals surface area contributed by atoms with Crippen molar-refractivity contribution in [3.63, 3.8) is 0 Å². The average Bonchev–Trinajstić information content (AvgIpc) is 2.99. The van der Waals surface area contributed by atoms with Gasteiger partial charge in [0.05, 0.1) is 85.9 Å². The number of carbonyl (C=O) groups excluding carboxylic acids is 2. The molecule has 0 spiro atoms. The van der Waals surface area contributed by atoms with Crippen LogP contribution in [0.5, 0.6) is 0 Å². The predicted octanol–water partition coefficient (Wildman–Crippen LogP) is 3.59. The Bertz CT molecular complexity index is 733. The van der Waals surface area contributed by atoms with Gasteiger partial charge in [-0.15, -0.1) is 0 Å². The van der Waals surface area contributed by atoms with Crippen molar-refractivity contribution in [1.82, 2.24) is 5.32 Å². The van der Waals surface area contributed by atoms with Crippen LogP contribution in [0, 0.1) is 6.92 Å². The summed E-state index contributed by atoms with van der Waals surface area (Å²) in [6.07, 6.45) is 0. The fraction of sp³-hybridized carbons (Fsp3) is 0.733. The lowest BCUT2D eigenvalue weighted by Gasteiger charge is -2.12. The molecule has 0 bridgehead atoms. The van der Waals surface area contributed by atoms with Gasteiger partial charge in [0.15, 0.2) is 0 Å². The highest BCUT2D eigenvalue weighted by Gasteiger charge is 2.12. The Morgan fingerprint density at radius 2 is 1.07 bits per heavy atom. The molecule has 0 aliphatic carbocycles. The number of benzene rings is 1. The van der Waals surface area contributed by atoms with Gasteiger partial charge in [-0.1, -0.05) is 45.4 Å². The van der Waals surface area contributed by atoms with E-state index in [4.69, 9.17) is 37.9 Å². The summed E-state index contributed by atoms with van der Waals surface area (Å²) in [6.45, 7) is 18.0. The van der Waals surface area contributed by atoms with E-state index in [1.165, 1.54) is 6.92 Å². The molecule has 0 aliphatic heterocycles. The van der Waals surface area contributed by atoms with Gasteiger partial charge >= 0.3 is 5.97 Å². The minimum Gasteiger partial charge on any atom is -0.461 e. The van der Waals surface area contributed by atoms with E-state index in [9.17, 15) is 9.59 Å². The van der Waals surface area contributed by atoms with Crippen LogP contribution in [0.25, 0.3) is 0 Å². The monoisotopic (exact) mass is 589 g/mol. The fourth-order valence-corrected chi connectivity index (χ4v) is 2.88. The van der Waals surface area contributed by atoms with Gasteiger partial charge in [0.2, 0.25) is 0 Å². The van der Waals surface area contributed by atoms with Crippen LogP contribution in [0.4, 0.5) is 0 Å². The first-order chi connectivity index (χ1) is 20.0. The van der Waals surface area contributed by atoms with Crippen molar-refractivity contribution in [3.8, 4) is 0 Å². The molecule has 0 atom stereocenters. The van der Waals surface area contributed by atoms with Crippen LogP contribution >= 0.6 is 0 Å². The highest BCUT2D eigenvalue weighted by Crippen LogP contribution is 2.13. The van der Waals surface area contributed by atoms with Gasteiger partial charge in [-0.3, -0.25) is 9.59 Å². The Labute approximate surface area is 247 Å². The van der Waals surface area contributed by atoms with E-state index < -0.39 is 5.97 Å². The number of esters is 1. The van der Waals surface area contributed by atoms with E-state index in [0.29, 0.717) is 104 Å². The molecular weight excluding hydrogens is 534 g/mol. The highest BCUT2D eigenvalue weighted by molar-refractivity contribution is 5.95. The summed E-state index contributed by atoms with van der Waals surface area (Å²) >= 11 is 0. The topological polar surface area (TPSA) is 120 Å². The number of nitrogens with one attached hydrogen (secondary N) is 1. The van der Waals surface area contributed by atoms with E-state index >= 15 is 0 Å². The third kappa shape index (κ3) is 26.5. The predicted molar refractivity (Wildman–Crippen MR) is 158 cm³/mol. The molecule has 0 unspecified atom stereocenters. The molecule has 0 heterocycles. The molecule has 11 heteroatoms. The number of hydrogen-bond donors (Lipinski definition) is 1. The van der Waals surface area contributed by atoms with Crippen molar-refractivity contribution < 1.29 is 47.5 Å². The quantitative estimate of drug-likeness (QED) is 0.142. The van der Waals surface area contributed by atoms with Crippen LogP contribution in [0.3, 0.4) is 0 Å². The molecule has 41 heavy (non-hydrogen) atoms. The molecule has 0 saturated heterocycles. The van der Waals surface area contributed by atoms with Gasteiger partial charge in [-0.05, 0) is 13.0 Å². The Morgan fingerprint density at radius 3 is 1.49 bits per heavy atom. The van der Waals surface area contributed by atoms with Crippen LogP contribution in [0.2, 0.25) is 0 Å². The van der Waals surface area contributed by atoms with Crippen LogP contribution < -0.4 is 5.32 Å². The zero-order valence-electron chi connectivity index (χ0n) is 26.4. The summed E-state index contributed by atoms with van der Waals surface area (Å²) in [4.78, 5) is 23.6. The molecule has 1 rings (SSSR count). The normalized spacial score (nSPS) is 10.2. The van der Waals surface area contributed by atoms with E-state index in [0.717, 1.165) is 5.56 Å². The number of ether oxygens (including phenoxy) is 8. The zero-order chi connectivity index (χ0) is 31.0. The maximum absolute atomic E-state index is 12.5. The first-order valence-electron chi connectivity index (χ1n) is 14.5. The van der Waals surface area contributed by atoms with Crippen molar-refractivity contribution in [3.05, 3.63) is 34.9 Å². The summed E-state index contributed by atoms with van der Waals surface area (Å²) in [6, 6.07) is 5.44. The van der Waals surface area contributed by atoms with Gasteiger partial charge < -0.3 is 43.2 Å². The van der Waals surface area contributed by atoms with Crippen LogP contribution in [-0.2, 0) is 49.3 Å². The van der Waals surface area contributed by atoms with Crippen molar-refractivity contribution in [1.29, 1.82) is 0 Å². The number of carbonyl (C=O) groups is 2. The molecule has 0 fully saturated rings. The number of aryl methyl sites for hydroxylation is 1. The zero-order valence-corrected chi connectivity index (χ0v) is 26.4. The number of rotatable bonds is 24. The molecule has 1 aromatic carbocycles. The van der Waals surface area contributed by atoms with Gasteiger partial charge in [0.1, 0.15) is 6.61 Å². The van der Waals surface area contributed by atoms with Gasteiger partial charge in [-0.2, -0.15) is 0 Å². The molecular formula is C30H55NO10. The molecule has 240 valence electrons. The molecule has 0 radical (unpaired) electrons. The van der Waals surface area contributed by atoms with E-state index in [2.05, 4.69) is 5.32 Å². The summed E-state index contributed by atoms with van der Waals surface area (Å²) < 4.78 is 42.4.